The number of nitrogens with one attached hydrogen (secondary N) is 2. The van der Waals surface area contributed by atoms with Crippen LogP contribution in [0, 0.1) is 0 Å². The summed E-state index contributed by atoms with van der Waals surface area (Å²) < 4.78 is 22.5. The second-order valence-electron chi connectivity index (χ2n) is 5.69. The van der Waals surface area contributed by atoms with E-state index in [-0.39, 0.29) is 28.9 Å². The predicted octanol–water partition coefficient (Wildman–Crippen LogP) is 2.90. The Morgan fingerprint density at radius 2 is 1.63 bits per heavy atom. The van der Waals surface area contributed by atoms with Crippen molar-refractivity contribution in [3.8, 4) is 0 Å². The Morgan fingerprint density at radius 3 is 2.19 bits per heavy atom. The lowest BCUT2D eigenvalue weighted by atomic mass is 10.1. The van der Waals surface area contributed by atoms with Gasteiger partial charge in [-0.1, -0.05) is 35.9 Å². The van der Waals surface area contributed by atoms with Crippen LogP contribution in [0.5, 0.6) is 0 Å². The molecule has 0 fully saturated rings. The molecule has 0 aliphatic carbocycles. The molecule has 0 heterocycles. The van der Waals surface area contributed by atoms with E-state index in [1.807, 2.05) is 31.2 Å². The third kappa shape index (κ3) is 8.46. The Hall–Kier alpha value is -1.36. The summed E-state index contributed by atoms with van der Waals surface area (Å²) in [6.45, 7) is 3.98. The van der Waals surface area contributed by atoms with Crippen LogP contribution in [0.2, 0.25) is 5.02 Å². The highest BCUT2D eigenvalue weighted by Gasteiger charge is 2.06. The van der Waals surface area contributed by atoms with Gasteiger partial charge in [-0.25, -0.2) is 18.5 Å². The van der Waals surface area contributed by atoms with Gasteiger partial charge in [-0.05, 0) is 48.7 Å². The fourth-order valence-electron chi connectivity index (χ4n) is 2.27. The molecular weight excluding hydrogens is 499 g/mol. The van der Waals surface area contributed by atoms with Crippen LogP contribution in [0.3, 0.4) is 0 Å². The monoisotopic (exact) mass is 522 g/mol. The summed E-state index contributed by atoms with van der Waals surface area (Å²) in [4.78, 5) is 4.66. The first kappa shape index (κ1) is 23.7. The van der Waals surface area contributed by atoms with Gasteiger partial charge in [0.1, 0.15) is 0 Å². The minimum absolute atomic E-state index is 0. The van der Waals surface area contributed by atoms with Crippen LogP contribution in [0.4, 0.5) is 0 Å². The van der Waals surface area contributed by atoms with Crippen LogP contribution in [0.25, 0.3) is 0 Å². The molecule has 0 amide bonds. The van der Waals surface area contributed by atoms with E-state index in [0.717, 1.165) is 30.1 Å². The molecule has 148 valence electrons. The van der Waals surface area contributed by atoms with Crippen LogP contribution in [-0.2, 0) is 23.0 Å². The molecule has 0 saturated heterocycles. The molecule has 4 N–H and O–H groups in total. The summed E-state index contributed by atoms with van der Waals surface area (Å²) in [5.41, 5.74) is 2.09. The Labute approximate surface area is 182 Å². The van der Waals surface area contributed by atoms with Gasteiger partial charge >= 0.3 is 0 Å². The van der Waals surface area contributed by atoms with Crippen LogP contribution >= 0.6 is 35.6 Å². The molecule has 0 saturated carbocycles. The van der Waals surface area contributed by atoms with Crippen molar-refractivity contribution in [3.05, 3.63) is 64.7 Å². The number of nitrogens with zero attached hydrogens (tertiary/aromatic N) is 1. The maximum absolute atomic E-state index is 11.3. The van der Waals surface area contributed by atoms with E-state index in [1.54, 1.807) is 12.1 Å². The highest BCUT2D eigenvalue weighted by molar-refractivity contribution is 14.0. The van der Waals surface area contributed by atoms with Gasteiger partial charge in [0.25, 0.3) is 0 Å². The normalized spacial score (nSPS) is 11.6. The first-order chi connectivity index (χ1) is 12.4. The lowest BCUT2D eigenvalue weighted by Gasteiger charge is -2.11. The van der Waals surface area contributed by atoms with Gasteiger partial charge in [-0.3, -0.25) is 0 Å². The van der Waals surface area contributed by atoms with E-state index in [2.05, 4.69) is 15.6 Å². The quantitative estimate of drug-likeness (QED) is 0.296. The molecule has 0 aliphatic rings. The van der Waals surface area contributed by atoms with Crippen molar-refractivity contribution in [1.29, 1.82) is 0 Å². The van der Waals surface area contributed by atoms with Crippen LogP contribution in [-0.4, -0.2) is 27.5 Å². The van der Waals surface area contributed by atoms with Crippen molar-refractivity contribution < 1.29 is 8.42 Å². The van der Waals surface area contributed by atoms with Crippen molar-refractivity contribution >= 4 is 51.6 Å². The first-order valence-corrected chi connectivity index (χ1v) is 10.2. The molecule has 0 unspecified atom stereocenters. The number of nitrogens with two attached hydrogens (primary N) is 1. The van der Waals surface area contributed by atoms with Gasteiger partial charge in [0.05, 0.1) is 11.4 Å². The molecule has 2 aromatic rings. The zero-order chi connectivity index (χ0) is 19.0. The SMILES string of the molecule is CCNC(=NCc1ccc(Cl)cc1)NCCc1ccc(S(N)(=O)=O)cc1.I. The maximum Gasteiger partial charge on any atom is 0.238 e. The van der Waals surface area contributed by atoms with Gasteiger partial charge in [-0.15, -0.1) is 24.0 Å². The smallest absolute Gasteiger partial charge is 0.238 e. The number of halogens is 2. The second-order valence-corrected chi connectivity index (χ2v) is 7.69. The lowest BCUT2D eigenvalue weighted by molar-refractivity contribution is 0.598. The van der Waals surface area contributed by atoms with E-state index >= 15 is 0 Å². The summed E-state index contributed by atoms with van der Waals surface area (Å²) in [6, 6.07) is 14.1. The predicted molar refractivity (Wildman–Crippen MR) is 121 cm³/mol. The van der Waals surface area contributed by atoms with Crippen LogP contribution in [0.15, 0.2) is 58.4 Å². The Balaban J connectivity index is 0.00000364. The second kappa shape index (κ2) is 11.5. The minimum Gasteiger partial charge on any atom is -0.357 e. The summed E-state index contributed by atoms with van der Waals surface area (Å²) in [5, 5.41) is 12.3. The maximum atomic E-state index is 11.3. The molecular formula is C18H24ClIN4O2S. The Bertz CT molecular complexity index is 841. The summed E-state index contributed by atoms with van der Waals surface area (Å²) in [6.07, 6.45) is 0.732. The summed E-state index contributed by atoms with van der Waals surface area (Å²) in [7, 11) is -3.65. The molecule has 6 nitrogen and oxygen atoms in total. The molecule has 9 heteroatoms. The molecule has 0 aromatic heterocycles. The Kier molecular flexibility index (Phi) is 10.1. The number of guanidine groups is 1. The number of primary sulfonamides is 1. The van der Waals surface area contributed by atoms with Crippen LogP contribution in [0.1, 0.15) is 18.1 Å². The third-order valence-corrected chi connectivity index (χ3v) is 4.82. The number of hydrogen-bond acceptors (Lipinski definition) is 3. The van der Waals surface area contributed by atoms with E-state index < -0.39 is 10.0 Å². The van der Waals surface area contributed by atoms with E-state index in [4.69, 9.17) is 16.7 Å². The number of aliphatic imine (C=N–C) groups is 1. The largest absolute Gasteiger partial charge is 0.357 e. The standard InChI is InChI=1S/C18H23ClN4O2S.HI/c1-2-21-18(23-13-15-3-7-16(19)8-4-15)22-12-11-14-5-9-17(10-6-14)26(20,24)25;/h3-10H,2,11-13H2,1H3,(H2,20,24,25)(H2,21,22,23);1H. The molecule has 2 aromatic carbocycles. The average molecular weight is 523 g/mol. The summed E-state index contributed by atoms with van der Waals surface area (Å²) in [5.74, 6) is 0.726. The lowest BCUT2D eigenvalue weighted by Crippen LogP contribution is -2.38. The van der Waals surface area contributed by atoms with Crippen molar-refractivity contribution in [2.75, 3.05) is 13.1 Å². The fraction of sp³-hybridized carbons (Fsp3) is 0.278. The number of rotatable bonds is 7. The topological polar surface area (TPSA) is 96.6 Å². The molecule has 0 atom stereocenters. The van der Waals surface area contributed by atoms with Crippen LogP contribution < -0.4 is 15.8 Å². The average Bonchev–Trinajstić information content (AvgIpc) is 2.61. The van der Waals surface area contributed by atoms with Crippen molar-refractivity contribution in [3.63, 3.8) is 0 Å². The highest BCUT2D eigenvalue weighted by atomic mass is 127. The molecule has 0 spiro atoms. The molecule has 2 rings (SSSR count). The van der Waals surface area contributed by atoms with E-state index in [9.17, 15) is 8.42 Å². The summed E-state index contributed by atoms with van der Waals surface area (Å²) >= 11 is 5.88. The molecule has 0 bridgehead atoms. The first-order valence-electron chi connectivity index (χ1n) is 8.27. The Morgan fingerprint density at radius 1 is 1.04 bits per heavy atom. The van der Waals surface area contributed by atoms with E-state index in [1.165, 1.54) is 12.1 Å². The molecule has 0 radical (unpaired) electrons. The van der Waals surface area contributed by atoms with Gasteiger partial charge in [0.2, 0.25) is 10.0 Å². The van der Waals surface area contributed by atoms with Gasteiger partial charge in [0.15, 0.2) is 5.96 Å². The zero-order valence-electron chi connectivity index (χ0n) is 15.0. The number of sulfonamides is 1. The zero-order valence-corrected chi connectivity index (χ0v) is 18.9. The number of benzene rings is 2. The molecule has 0 aliphatic heterocycles. The highest BCUT2D eigenvalue weighted by Crippen LogP contribution is 2.10. The van der Waals surface area contributed by atoms with E-state index in [0.29, 0.717) is 18.1 Å². The van der Waals surface area contributed by atoms with Crippen molar-refractivity contribution in [1.82, 2.24) is 10.6 Å². The third-order valence-electron chi connectivity index (χ3n) is 3.64. The van der Waals surface area contributed by atoms with Gasteiger partial charge in [-0.2, -0.15) is 0 Å². The van der Waals surface area contributed by atoms with Crippen molar-refractivity contribution in [2.45, 2.75) is 24.8 Å². The van der Waals surface area contributed by atoms with Gasteiger partial charge in [0, 0.05) is 18.1 Å². The minimum atomic E-state index is -3.65. The van der Waals surface area contributed by atoms with Crippen molar-refractivity contribution in [2.24, 2.45) is 10.1 Å². The van der Waals surface area contributed by atoms with Gasteiger partial charge < -0.3 is 10.6 Å². The number of hydrogen-bond donors (Lipinski definition) is 3. The fourth-order valence-corrected chi connectivity index (χ4v) is 2.91. The molecule has 27 heavy (non-hydrogen) atoms.